The molecule has 1 aromatic heterocycles. The molecule has 3 nitrogen and oxygen atoms in total. The second-order valence-corrected chi connectivity index (χ2v) is 5.24. The molecule has 112 valence electrons. The van der Waals surface area contributed by atoms with Crippen LogP contribution in [0.3, 0.4) is 0 Å². The first-order valence-corrected chi connectivity index (χ1v) is 7.48. The van der Waals surface area contributed by atoms with Gasteiger partial charge in [0.25, 0.3) is 0 Å². The van der Waals surface area contributed by atoms with Crippen molar-refractivity contribution in [3.8, 4) is 0 Å². The van der Waals surface area contributed by atoms with Crippen LogP contribution in [0.4, 0.5) is 0 Å². The van der Waals surface area contributed by atoms with Gasteiger partial charge in [0, 0.05) is 18.4 Å². The molecule has 0 aliphatic rings. The van der Waals surface area contributed by atoms with E-state index in [2.05, 4.69) is 47.4 Å². The third-order valence-electron chi connectivity index (χ3n) is 3.47. The number of rotatable bonds is 7. The number of hydroxylamine groups is 2. The van der Waals surface area contributed by atoms with Crippen LogP contribution in [-0.4, -0.2) is 10.0 Å². The molecular weight excluding hydrogens is 272 g/mol. The fourth-order valence-electron chi connectivity index (χ4n) is 2.33. The lowest BCUT2D eigenvalue weighted by Gasteiger charge is -2.21. The molecule has 3 aromatic rings. The summed E-state index contributed by atoms with van der Waals surface area (Å²) in [5, 5.41) is 1.99. The topological polar surface area (TPSA) is 28.3 Å². The summed E-state index contributed by atoms with van der Waals surface area (Å²) in [6.07, 6.45) is 1.94. The zero-order valence-electron chi connectivity index (χ0n) is 12.5. The van der Waals surface area contributed by atoms with E-state index in [4.69, 9.17) is 4.84 Å². The van der Waals surface area contributed by atoms with E-state index in [0.29, 0.717) is 6.61 Å². The van der Waals surface area contributed by atoms with Gasteiger partial charge in [-0.15, -0.1) is 0 Å². The molecule has 0 radical (unpaired) electrons. The largest absolute Gasteiger partial charge is 0.364 e. The summed E-state index contributed by atoms with van der Waals surface area (Å²) in [5.41, 5.74) is 3.55. The average molecular weight is 292 g/mol. The predicted octanol–water partition coefficient (Wildman–Crippen LogP) is 4.15. The Bertz CT molecular complexity index is 650. The lowest BCUT2D eigenvalue weighted by molar-refractivity contribution is -0.184. The standard InChI is InChI=1S/C19H20N2O/c1-3-8-17(9-4-1)14-21(15-19-12-7-13-20-19)22-16-18-10-5-2-6-11-18/h1-13,20H,14-16H2. The lowest BCUT2D eigenvalue weighted by Crippen LogP contribution is -2.23. The van der Waals surface area contributed by atoms with Crippen molar-refractivity contribution in [2.75, 3.05) is 0 Å². The van der Waals surface area contributed by atoms with Crippen molar-refractivity contribution >= 4 is 0 Å². The van der Waals surface area contributed by atoms with Gasteiger partial charge < -0.3 is 4.98 Å². The smallest absolute Gasteiger partial charge is 0.0936 e. The molecule has 22 heavy (non-hydrogen) atoms. The molecule has 0 aliphatic heterocycles. The SMILES string of the molecule is c1ccc(CON(Cc2ccccc2)Cc2ccc[nH]2)cc1. The first-order valence-electron chi connectivity index (χ1n) is 7.48. The van der Waals surface area contributed by atoms with Crippen molar-refractivity contribution < 1.29 is 4.84 Å². The van der Waals surface area contributed by atoms with Gasteiger partial charge in [-0.2, -0.15) is 5.06 Å². The number of hydrogen-bond donors (Lipinski definition) is 1. The highest BCUT2D eigenvalue weighted by Gasteiger charge is 2.09. The minimum Gasteiger partial charge on any atom is -0.364 e. The molecule has 0 unspecified atom stereocenters. The molecule has 3 rings (SSSR count). The molecule has 0 saturated heterocycles. The molecular formula is C19H20N2O. The third kappa shape index (κ3) is 4.32. The van der Waals surface area contributed by atoms with Crippen LogP contribution in [0.1, 0.15) is 16.8 Å². The van der Waals surface area contributed by atoms with Crippen molar-refractivity contribution in [3.63, 3.8) is 0 Å². The van der Waals surface area contributed by atoms with Crippen LogP contribution in [0, 0.1) is 0 Å². The van der Waals surface area contributed by atoms with Gasteiger partial charge in [0.05, 0.1) is 13.2 Å². The van der Waals surface area contributed by atoms with E-state index in [1.165, 1.54) is 11.1 Å². The summed E-state index contributed by atoms with van der Waals surface area (Å²) < 4.78 is 0. The van der Waals surface area contributed by atoms with Crippen molar-refractivity contribution in [2.45, 2.75) is 19.7 Å². The Morgan fingerprint density at radius 1 is 0.727 bits per heavy atom. The second-order valence-electron chi connectivity index (χ2n) is 5.24. The molecule has 0 spiro atoms. The highest BCUT2D eigenvalue weighted by Crippen LogP contribution is 2.11. The number of benzene rings is 2. The minimum absolute atomic E-state index is 0.578. The van der Waals surface area contributed by atoms with E-state index in [1.807, 2.05) is 41.6 Å². The fourth-order valence-corrected chi connectivity index (χ4v) is 2.33. The zero-order valence-corrected chi connectivity index (χ0v) is 12.5. The molecule has 0 aliphatic carbocycles. The number of nitrogens with one attached hydrogen (secondary N) is 1. The zero-order chi connectivity index (χ0) is 15.0. The Kier molecular flexibility index (Phi) is 5.03. The number of aromatic nitrogens is 1. The number of H-pyrrole nitrogens is 1. The monoisotopic (exact) mass is 292 g/mol. The van der Waals surface area contributed by atoms with Crippen molar-refractivity contribution in [2.24, 2.45) is 0 Å². The van der Waals surface area contributed by atoms with Crippen LogP contribution in [0.25, 0.3) is 0 Å². The number of aromatic amines is 1. The van der Waals surface area contributed by atoms with E-state index in [9.17, 15) is 0 Å². The van der Waals surface area contributed by atoms with Gasteiger partial charge in [0.1, 0.15) is 0 Å². The molecule has 0 amide bonds. The minimum atomic E-state index is 0.578. The Hall–Kier alpha value is -2.36. The van der Waals surface area contributed by atoms with E-state index in [0.717, 1.165) is 18.8 Å². The molecule has 1 heterocycles. The maximum Gasteiger partial charge on any atom is 0.0936 e. The summed E-state index contributed by atoms with van der Waals surface area (Å²) in [5.74, 6) is 0. The maximum atomic E-state index is 6.02. The van der Waals surface area contributed by atoms with Crippen LogP contribution >= 0.6 is 0 Å². The van der Waals surface area contributed by atoms with Crippen molar-refractivity contribution in [1.29, 1.82) is 0 Å². The van der Waals surface area contributed by atoms with Crippen LogP contribution in [0.2, 0.25) is 0 Å². The third-order valence-corrected chi connectivity index (χ3v) is 3.47. The van der Waals surface area contributed by atoms with Crippen LogP contribution in [-0.2, 0) is 24.5 Å². The van der Waals surface area contributed by atoms with Gasteiger partial charge in [-0.3, -0.25) is 4.84 Å². The van der Waals surface area contributed by atoms with E-state index in [1.54, 1.807) is 0 Å². The van der Waals surface area contributed by atoms with Crippen molar-refractivity contribution in [3.05, 3.63) is 95.8 Å². The number of nitrogens with zero attached hydrogens (tertiary/aromatic N) is 1. The fraction of sp³-hybridized carbons (Fsp3) is 0.158. The van der Waals surface area contributed by atoms with Crippen LogP contribution < -0.4 is 0 Å². The summed E-state index contributed by atoms with van der Waals surface area (Å²) in [4.78, 5) is 9.25. The molecule has 0 bridgehead atoms. The summed E-state index contributed by atoms with van der Waals surface area (Å²) in [6.45, 7) is 2.07. The highest BCUT2D eigenvalue weighted by atomic mass is 16.7. The number of hydrogen-bond acceptors (Lipinski definition) is 2. The lowest BCUT2D eigenvalue weighted by atomic mass is 10.2. The van der Waals surface area contributed by atoms with Gasteiger partial charge in [0.2, 0.25) is 0 Å². The summed E-state index contributed by atoms with van der Waals surface area (Å²) in [7, 11) is 0. The Balaban J connectivity index is 1.65. The van der Waals surface area contributed by atoms with Crippen LogP contribution in [0.5, 0.6) is 0 Å². The maximum absolute atomic E-state index is 6.02. The first-order chi connectivity index (χ1) is 10.9. The van der Waals surface area contributed by atoms with Gasteiger partial charge in [-0.1, -0.05) is 60.7 Å². The van der Waals surface area contributed by atoms with Gasteiger partial charge in [-0.25, -0.2) is 0 Å². The molecule has 0 fully saturated rings. The Morgan fingerprint density at radius 3 is 2.05 bits per heavy atom. The summed E-state index contributed by atoms with van der Waals surface area (Å²) >= 11 is 0. The van der Waals surface area contributed by atoms with Gasteiger partial charge in [0.15, 0.2) is 0 Å². The molecule has 3 heteroatoms. The molecule has 1 N–H and O–H groups in total. The quantitative estimate of drug-likeness (QED) is 0.663. The predicted molar refractivity (Wildman–Crippen MR) is 87.7 cm³/mol. The Labute approximate surface area is 131 Å². The van der Waals surface area contributed by atoms with Gasteiger partial charge in [-0.05, 0) is 23.3 Å². The average Bonchev–Trinajstić information content (AvgIpc) is 3.08. The summed E-state index contributed by atoms with van der Waals surface area (Å²) in [6, 6.07) is 24.7. The highest BCUT2D eigenvalue weighted by molar-refractivity contribution is 5.15. The van der Waals surface area contributed by atoms with Crippen LogP contribution in [0.15, 0.2) is 79.0 Å². The van der Waals surface area contributed by atoms with Gasteiger partial charge >= 0.3 is 0 Å². The molecule has 2 aromatic carbocycles. The molecule has 0 saturated carbocycles. The van der Waals surface area contributed by atoms with E-state index in [-0.39, 0.29) is 0 Å². The second kappa shape index (κ2) is 7.59. The van der Waals surface area contributed by atoms with Crippen molar-refractivity contribution in [1.82, 2.24) is 10.0 Å². The molecule has 0 atom stereocenters. The normalized spacial score (nSPS) is 11.0. The first kappa shape index (κ1) is 14.6. The van der Waals surface area contributed by atoms with E-state index >= 15 is 0 Å². The van der Waals surface area contributed by atoms with E-state index < -0.39 is 0 Å². The Morgan fingerprint density at radius 2 is 1.41 bits per heavy atom.